The van der Waals surface area contributed by atoms with Gasteiger partial charge in [0.25, 0.3) is 0 Å². The van der Waals surface area contributed by atoms with Gasteiger partial charge in [0.1, 0.15) is 5.60 Å². The van der Waals surface area contributed by atoms with Gasteiger partial charge >= 0.3 is 0 Å². The molecule has 0 amide bonds. The van der Waals surface area contributed by atoms with E-state index in [1.165, 1.54) is 0 Å². The van der Waals surface area contributed by atoms with E-state index >= 15 is 0 Å². The van der Waals surface area contributed by atoms with Crippen molar-refractivity contribution in [3.05, 3.63) is 0 Å². The van der Waals surface area contributed by atoms with E-state index in [2.05, 4.69) is 5.16 Å². The van der Waals surface area contributed by atoms with Crippen LogP contribution in [-0.2, 0) is 4.74 Å². The zero-order valence-corrected chi connectivity index (χ0v) is 6.59. The highest BCUT2D eigenvalue weighted by Crippen LogP contribution is 2.07. The fraction of sp³-hybridized carbons (Fsp3) is 0.833. The Morgan fingerprint density at radius 2 is 2.20 bits per heavy atom. The lowest BCUT2D eigenvalue weighted by atomic mass is 10.1. The Balaban J connectivity index is 4.10. The van der Waals surface area contributed by atoms with Gasteiger partial charge in [0, 0.05) is 6.61 Å². The van der Waals surface area contributed by atoms with Crippen molar-refractivity contribution in [2.75, 3.05) is 6.61 Å². The molecule has 0 spiro atoms. The fourth-order valence-corrected chi connectivity index (χ4v) is 0.555. The van der Waals surface area contributed by atoms with E-state index in [0.717, 1.165) is 0 Å². The third kappa shape index (κ3) is 2.23. The van der Waals surface area contributed by atoms with Gasteiger partial charge < -0.3 is 15.7 Å². The fourth-order valence-electron chi connectivity index (χ4n) is 0.555. The van der Waals surface area contributed by atoms with Crippen LogP contribution in [0.15, 0.2) is 5.16 Å². The monoisotopic (exact) mass is 146 g/mol. The van der Waals surface area contributed by atoms with Crippen LogP contribution in [0.25, 0.3) is 0 Å². The Kier molecular flexibility index (Phi) is 3.15. The highest BCUT2D eigenvalue weighted by Gasteiger charge is 2.22. The quantitative estimate of drug-likeness (QED) is 0.264. The second-order valence-electron chi connectivity index (χ2n) is 2.43. The van der Waals surface area contributed by atoms with Gasteiger partial charge in [-0.1, -0.05) is 5.16 Å². The lowest BCUT2D eigenvalue weighted by Gasteiger charge is -2.22. The minimum absolute atomic E-state index is 0.0920. The molecule has 0 fully saturated rings. The zero-order valence-electron chi connectivity index (χ0n) is 6.59. The smallest absolute Gasteiger partial charge is 0.170 e. The summed E-state index contributed by atoms with van der Waals surface area (Å²) in [5.41, 5.74) is 4.65. The molecule has 0 heterocycles. The van der Waals surface area contributed by atoms with E-state index in [-0.39, 0.29) is 5.84 Å². The highest BCUT2D eigenvalue weighted by molar-refractivity contribution is 5.87. The predicted octanol–water partition coefficient (Wildman–Crippen LogP) is 0.548. The normalized spacial score (nSPS) is 13.7. The van der Waals surface area contributed by atoms with E-state index in [1.807, 2.05) is 6.92 Å². The molecule has 0 aromatic rings. The Bertz CT molecular complexity index is 132. The average molecular weight is 146 g/mol. The highest BCUT2D eigenvalue weighted by atomic mass is 16.5. The molecule has 4 heteroatoms. The summed E-state index contributed by atoms with van der Waals surface area (Å²) < 4.78 is 5.17. The molecule has 4 nitrogen and oxygen atoms in total. The van der Waals surface area contributed by atoms with E-state index in [1.54, 1.807) is 13.8 Å². The first kappa shape index (κ1) is 9.23. The van der Waals surface area contributed by atoms with Crippen molar-refractivity contribution < 1.29 is 9.94 Å². The average Bonchev–Trinajstić information content (AvgIpc) is 1.86. The summed E-state index contributed by atoms with van der Waals surface area (Å²) in [6.45, 7) is 5.88. The van der Waals surface area contributed by atoms with Crippen LogP contribution in [-0.4, -0.2) is 23.3 Å². The lowest BCUT2D eigenvalue weighted by Crippen LogP contribution is -2.40. The van der Waals surface area contributed by atoms with Crippen LogP contribution in [0.2, 0.25) is 0 Å². The van der Waals surface area contributed by atoms with Gasteiger partial charge in [-0.3, -0.25) is 0 Å². The maximum atomic E-state index is 8.28. The molecule has 0 aliphatic rings. The largest absolute Gasteiger partial charge is 0.409 e. The van der Waals surface area contributed by atoms with Crippen LogP contribution in [0.1, 0.15) is 20.8 Å². The standard InChI is InChI=1S/C6H14N2O2/c1-4-10-6(2,3)5(7)8-9/h9H,4H2,1-3H3,(H2,7,8). The van der Waals surface area contributed by atoms with Gasteiger partial charge in [-0.25, -0.2) is 0 Å². The molecule has 0 aromatic carbocycles. The van der Waals surface area contributed by atoms with Gasteiger partial charge in [0.15, 0.2) is 5.84 Å². The molecule has 0 aromatic heterocycles. The van der Waals surface area contributed by atoms with Crippen LogP contribution in [0.5, 0.6) is 0 Å². The summed E-state index contributed by atoms with van der Waals surface area (Å²) in [4.78, 5) is 0. The molecule has 0 rings (SSSR count). The van der Waals surface area contributed by atoms with Crippen molar-refractivity contribution in [3.8, 4) is 0 Å². The number of nitrogens with zero attached hydrogens (tertiary/aromatic N) is 1. The van der Waals surface area contributed by atoms with E-state index in [4.69, 9.17) is 15.7 Å². The molecule has 0 unspecified atom stereocenters. The molecular weight excluding hydrogens is 132 g/mol. The minimum Gasteiger partial charge on any atom is -0.409 e. The second-order valence-corrected chi connectivity index (χ2v) is 2.43. The van der Waals surface area contributed by atoms with Gasteiger partial charge in [0.05, 0.1) is 0 Å². The summed E-state index contributed by atoms with van der Waals surface area (Å²) in [6.07, 6.45) is 0. The summed E-state index contributed by atoms with van der Waals surface area (Å²) in [6, 6.07) is 0. The Morgan fingerprint density at radius 1 is 1.70 bits per heavy atom. The molecule has 10 heavy (non-hydrogen) atoms. The number of hydrogen-bond donors (Lipinski definition) is 2. The van der Waals surface area contributed by atoms with Crippen molar-refractivity contribution in [1.82, 2.24) is 0 Å². The molecule has 60 valence electrons. The van der Waals surface area contributed by atoms with Crippen LogP contribution < -0.4 is 5.73 Å². The molecule has 0 aliphatic heterocycles. The van der Waals surface area contributed by atoms with Gasteiger partial charge in [-0.15, -0.1) is 0 Å². The first-order valence-corrected chi connectivity index (χ1v) is 3.16. The van der Waals surface area contributed by atoms with Gasteiger partial charge in [-0.2, -0.15) is 0 Å². The van der Waals surface area contributed by atoms with Crippen molar-refractivity contribution >= 4 is 5.84 Å². The van der Waals surface area contributed by atoms with Gasteiger partial charge in [-0.05, 0) is 20.8 Å². The van der Waals surface area contributed by atoms with Crippen molar-refractivity contribution in [2.45, 2.75) is 26.4 Å². The molecule has 3 N–H and O–H groups in total. The number of amidine groups is 1. The van der Waals surface area contributed by atoms with Crippen LogP contribution >= 0.6 is 0 Å². The summed E-state index contributed by atoms with van der Waals surface area (Å²) in [5, 5.41) is 11.1. The third-order valence-corrected chi connectivity index (χ3v) is 1.23. The molecule has 0 saturated heterocycles. The van der Waals surface area contributed by atoms with Crippen molar-refractivity contribution in [1.29, 1.82) is 0 Å². The SMILES string of the molecule is CCOC(C)(C)C(N)=NO. The first-order valence-electron chi connectivity index (χ1n) is 3.16. The minimum atomic E-state index is -0.663. The molecule has 0 aliphatic carbocycles. The summed E-state index contributed by atoms with van der Waals surface area (Å²) >= 11 is 0. The maximum absolute atomic E-state index is 8.28. The lowest BCUT2D eigenvalue weighted by molar-refractivity contribution is 0.0406. The molecule has 0 saturated carbocycles. The third-order valence-electron chi connectivity index (χ3n) is 1.23. The molecular formula is C6H14N2O2. The van der Waals surface area contributed by atoms with Crippen LogP contribution in [0.3, 0.4) is 0 Å². The van der Waals surface area contributed by atoms with Crippen molar-refractivity contribution in [3.63, 3.8) is 0 Å². The number of ether oxygens (including phenoxy) is 1. The number of oxime groups is 1. The predicted molar refractivity (Wildman–Crippen MR) is 39.1 cm³/mol. The Labute approximate surface area is 60.7 Å². The summed E-state index contributed by atoms with van der Waals surface area (Å²) in [7, 11) is 0. The summed E-state index contributed by atoms with van der Waals surface area (Å²) in [5.74, 6) is 0.0920. The number of rotatable bonds is 3. The van der Waals surface area contributed by atoms with Crippen LogP contribution in [0, 0.1) is 0 Å². The molecule has 0 radical (unpaired) electrons. The topological polar surface area (TPSA) is 67.8 Å². The first-order chi connectivity index (χ1) is 4.54. The molecule has 0 bridgehead atoms. The second kappa shape index (κ2) is 3.41. The number of hydrogen-bond acceptors (Lipinski definition) is 3. The van der Waals surface area contributed by atoms with Crippen LogP contribution in [0.4, 0.5) is 0 Å². The number of nitrogens with two attached hydrogens (primary N) is 1. The van der Waals surface area contributed by atoms with E-state index in [0.29, 0.717) is 6.61 Å². The van der Waals surface area contributed by atoms with E-state index in [9.17, 15) is 0 Å². The maximum Gasteiger partial charge on any atom is 0.170 e. The van der Waals surface area contributed by atoms with E-state index < -0.39 is 5.60 Å². The Morgan fingerprint density at radius 3 is 2.50 bits per heavy atom. The zero-order chi connectivity index (χ0) is 8.20. The van der Waals surface area contributed by atoms with Gasteiger partial charge in [0.2, 0.25) is 0 Å². The Hall–Kier alpha value is -0.770. The molecule has 0 atom stereocenters. The van der Waals surface area contributed by atoms with Crippen molar-refractivity contribution in [2.24, 2.45) is 10.9 Å².